The molecule has 0 aromatic heterocycles. The summed E-state index contributed by atoms with van der Waals surface area (Å²) in [6, 6.07) is -1.01. The number of rotatable bonds is 6. The molecule has 190 valence electrons. The first-order valence-corrected chi connectivity index (χ1v) is 12.0. The number of epoxide rings is 1. The Morgan fingerprint density at radius 2 is 1.97 bits per heavy atom. The standard InChI is InChI=1S/C26H34N2O7/c1-13(7-8-17(29)19-21(30)20(28-24(19)32)16(4)23(31)27-6)11-14(2)22-15(3)18-9-10-26(12-33-26)25(5,34-18)35-22/h7-11,14-16,18,20,22,29H,12H2,1-6H3,(H,27,31)(H,28,32)/b8-7?,13-11?,19-17-. The summed E-state index contributed by atoms with van der Waals surface area (Å²) in [5, 5.41) is 15.4. The number of Topliss-reactive ketones (excluding diaryl/α,β-unsaturated/α-hetero) is 1. The molecule has 2 bridgehead atoms. The smallest absolute Gasteiger partial charge is 0.259 e. The van der Waals surface area contributed by atoms with E-state index in [1.54, 1.807) is 13.0 Å². The number of aliphatic hydroxyl groups is 1. The van der Waals surface area contributed by atoms with Crippen molar-refractivity contribution >= 4 is 17.6 Å². The first kappa shape index (κ1) is 25.3. The number of carbonyl (C=O) groups excluding carboxylic acids is 3. The van der Waals surface area contributed by atoms with Gasteiger partial charge in [-0.05, 0) is 26.0 Å². The van der Waals surface area contributed by atoms with Gasteiger partial charge in [0.2, 0.25) is 11.7 Å². The molecule has 8 atom stereocenters. The predicted molar refractivity (Wildman–Crippen MR) is 127 cm³/mol. The van der Waals surface area contributed by atoms with Crippen molar-refractivity contribution in [3.05, 3.63) is 47.3 Å². The monoisotopic (exact) mass is 486 g/mol. The molecule has 4 aliphatic heterocycles. The van der Waals surface area contributed by atoms with Crippen molar-refractivity contribution in [1.29, 1.82) is 0 Å². The zero-order chi connectivity index (χ0) is 25.7. The zero-order valence-electron chi connectivity index (χ0n) is 21.0. The first-order valence-electron chi connectivity index (χ1n) is 12.0. The van der Waals surface area contributed by atoms with Gasteiger partial charge in [-0.25, -0.2) is 0 Å². The first-order chi connectivity index (χ1) is 16.4. The molecule has 3 N–H and O–H groups in total. The molecule has 1 spiro atoms. The Morgan fingerprint density at radius 3 is 2.60 bits per heavy atom. The maximum atomic E-state index is 12.7. The number of aliphatic hydroxyl groups excluding tert-OH is 1. The highest BCUT2D eigenvalue weighted by atomic mass is 16.8. The van der Waals surface area contributed by atoms with E-state index >= 15 is 0 Å². The largest absolute Gasteiger partial charge is 0.507 e. The maximum absolute atomic E-state index is 12.7. The average molecular weight is 487 g/mol. The molecule has 35 heavy (non-hydrogen) atoms. The van der Waals surface area contributed by atoms with E-state index in [9.17, 15) is 19.5 Å². The lowest BCUT2D eigenvalue weighted by Crippen LogP contribution is -2.61. The number of amides is 2. The van der Waals surface area contributed by atoms with Crippen LogP contribution in [0.3, 0.4) is 0 Å². The zero-order valence-corrected chi connectivity index (χ0v) is 21.0. The molecule has 0 saturated carbocycles. The number of nitrogens with one attached hydrogen (secondary N) is 2. The van der Waals surface area contributed by atoms with E-state index in [2.05, 4.69) is 36.6 Å². The number of carbonyl (C=O) groups is 3. The van der Waals surface area contributed by atoms with Crippen molar-refractivity contribution in [3.63, 3.8) is 0 Å². The van der Waals surface area contributed by atoms with Crippen LogP contribution in [0, 0.1) is 17.8 Å². The van der Waals surface area contributed by atoms with Gasteiger partial charge in [-0.3, -0.25) is 14.4 Å². The third kappa shape index (κ3) is 4.37. The predicted octanol–water partition coefficient (Wildman–Crippen LogP) is 1.86. The number of ketones is 1. The van der Waals surface area contributed by atoms with Crippen molar-refractivity contribution in [1.82, 2.24) is 10.6 Å². The molecule has 0 aromatic carbocycles. The molecular weight excluding hydrogens is 452 g/mol. The topological polar surface area (TPSA) is 126 Å². The molecule has 0 aliphatic carbocycles. The van der Waals surface area contributed by atoms with Gasteiger partial charge in [0.25, 0.3) is 5.91 Å². The van der Waals surface area contributed by atoms with E-state index in [1.807, 2.05) is 19.9 Å². The Kier molecular flexibility index (Phi) is 6.54. The second kappa shape index (κ2) is 9.04. The van der Waals surface area contributed by atoms with Crippen molar-refractivity contribution in [2.45, 2.75) is 64.3 Å². The molecule has 0 radical (unpaired) electrons. The second-order valence-electron chi connectivity index (χ2n) is 10.1. The second-order valence-corrected chi connectivity index (χ2v) is 10.1. The summed E-state index contributed by atoms with van der Waals surface area (Å²) in [5.41, 5.74) is -0.0254. The van der Waals surface area contributed by atoms with Gasteiger partial charge in [-0.2, -0.15) is 0 Å². The maximum Gasteiger partial charge on any atom is 0.259 e. The summed E-state index contributed by atoms with van der Waals surface area (Å²) in [6.45, 7) is 10.1. The quantitative estimate of drug-likeness (QED) is 0.131. The normalized spacial score (nSPS) is 39.5. The summed E-state index contributed by atoms with van der Waals surface area (Å²) < 4.78 is 18.3. The molecule has 9 nitrogen and oxygen atoms in total. The van der Waals surface area contributed by atoms with Gasteiger partial charge < -0.3 is 30.0 Å². The number of ether oxygens (including phenoxy) is 3. The van der Waals surface area contributed by atoms with Gasteiger partial charge in [0.15, 0.2) is 11.4 Å². The lowest BCUT2D eigenvalue weighted by molar-refractivity contribution is -0.346. The minimum Gasteiger partial charge on any atom is -0.507 e. The summed E-state index contributed by atoms with van der Waals surface area (Å²) in [6.07, 6.45) is 8.94. The lowest BCUT2D eigenvalue weighted by Gasteiger charge is -2.51. The fraction of sp³-hybridized carbons (Fsp3) is 0.577. The number of hydrogen-bond donors (Lipinski definition) is 3. The van der Waals surface area contributed by atoms with Crippen LogP contribution in [0.5, 0.6) is 0 Å². The molecule has 4 rings (SSSR count). The molecule has 0 aromatic rings. The van der Waals surface area contributed by atoms with E-state index in [-0.39, 0.29) is 35.5 Å². The van der Waals surface area contributed by atoms with E-state index in [1.165, 1.54) is 13.1 Å². The van der Waals surface area contributed by atoms with E-state index in [4.69, 9.17) is 14.2 Å². The molecule has 3 saturated heterocycles. The summed E-state index contributed by atoms with van der Waals surface area (Å²) in [4.78, 5) is 36.9. The Labute approximate surface area is 205 Å². The number of fused-ring (bicyclic) bond motifs is 3. The molecule has 4 aliphatic rings. The van der Waals surface area contributed by atoms with Crippen LogP contribution in [0.2, 0.25) is 0 Å². The average Bonchev–Trinajstić information content (AvgIpc) is 3.55. The van der Waals surface area contributed by atoms with Gasteiger partial charge >= 0.3 is 0 Å². The highest BCUT2D eigenvalue weighted by molar-refractivity contribution is 6.27. The minimum atomic E-state index is -1.01. The summed E-state index contributed by atoms with van der Waals surface area (Å²) in [5.74, 6) is -3.56. The Balaban J connectivity index is 1.47. The van der Waals surface area contributed by atoms with Crippen LogP contribution in [-0.4, -0.2) is 66.0 Å². The molecular formula is C26H34N2O7. The van der Waals surface area contributed by atoms with Crippen molar-refractivity contribution in [2.24, 2.45) is 17.8 Å². The molecule has 4 heterocycles. The van der Waals surface area contributed by atoms with Crippen LogP contribution in [-0.2, 0) is 28.6 Å². The van der Waals surface area contributed by atoms with Crippen molar-refractivity contribution in [2.75, 3.05) is 13.7 Å². The van der Waals surface area contributed by atoms with Crippen molar-refractivity contribution < 1.29 is 33.7 Å². The van der Waals surface area contributed by atoms with Crippen LogP contribution >= 0.6 is 0 Å². The van der Waals surface area contributed by atoms with Gasteiger partial charge in [-0.15, -0.1) is 0 Å². The van der Waals surface area contributed by atoms with Gasteiger partial charge in [0.05, 0.1) is 24.7 Å². The highest BCUT2D eigenvalue weighted by Gasteiger charge is 2.65. The van der Waals surface area contributed by atoms with E-state index in [0.29, 0.717) is 6.61 Å². The molecule has 8 unspecified atom stereocenters. The third-order valence-corrected chi connectivity index (χ3v) is 7.54. The Bertz CT molecular complexity index is 1050. The van der Waals surface area contributed by atoms with Crippen LogP contribution in [0.1, 0.15) is 34.6 Å². The molecule has 3 fully saturated rings. The van der Waals surface area contributed by atoms with Crippen molar-refractivity contribution in [3.8, 4) is 0 Å². The highest BCUT2D eigenvalue weighted by Crippen LogP contribution is 2.51. The van der Waals surface area contributed by atoms with Crippen LogP contribution in [0.25, 0.3) is 0 Å². The van der Waals surface area contributed by atoms with Crippen LogP contribution in [0.15, 0.2) is 47.3 Å². The Morgan fingerprint density at radius 1 is 1.29 bits per heavy atom. The Hall–Kier alpha value is -2.75. The van der Waals surface area contributed by atoms with E-state index < -0.39 is 40.8 Å². The SMILES string of the molecule is CNC(=O)C(C)C1NC(=O)/C(=C(\O)C=CC(C)=CC(C)C2OC3(C)OC(C=CC34CO4)C2C)C1=O. The number of allylic oxidation sites excluding steroid dienone is 3. The number of hydrogen-bond acceptors (Lipinski definition) is 7. The fourth-order valence-corrected chi connectivity index (χ4v) is 5.17. The van der Waals surface area contributed by atoms with Gasteiger partial charge in [0.1, 0.15) is 17.4 Å². The summed E-state index contributed by atoms with van der Waals surface area (Å²) in [7, 11) is 1.46. The van der Waals surface area contributed by atoms with E-state index in [0.717, 1.165) is 5.57 Å². The molecule has 9 heteroatoms. The van der Waals surface area contributed by atoms with Crippen LogP contribution < -0.4 is 10.6 Å². The van der Waals surface area contributed by atoms with Gasteiger partial charge in [-0.1, -0.05) is 44.6 Å². The summed E-state index contributed by atoms with van der Waals surface area (Å²) >= 11 is 0. The molecule has 2 amide bonds. The minimum absolute atomic E-state index is 0.0201. The lowest BCUT2D eigenvalue weighted by atomic mass is 9.82. The third-order valence-electron chi connectivity index (χ3n) is 7.54. The van der Waals surface area contributed by atoms with Crippen LogP contribution in [0.4, 0.5) is 0 Å². The fourth-order valence-electron chi connectivity index (χ4n) is 5.17. The van der Waals surface area contributed by atoms with Gasteiger partial charge in [0, 0.05) is 18.9 Å².